The van der Waals surface area contributed by atoms with Gasteiger partial charge in [0.1, 0.15) is 0 Å². The molecule has 0 amide bonds. The van der Waals surface area contributed by atoms with Gasteiger partial charge in [-0.2, -0.15) is 5.10 Å². The number of nitrogens with zero attached hydrogens (tertiary/aromatic N) is 3. The van der Waals surface area contributed by atoms with Crippen molar-refractivity contribution in [2.45, 2.75) is 6.54 Å². The Labute approximate surface area is 115 Å². The molecule has 0 aliphatic carbocycles. The van der Waals surface area contributed by atoms with Gasteiger partial charge in [-0.15, -0.1) is 0 Å². The Morgan fingerprint density at radius 1 is 1.71 bits per heavy atom. The molecule has 7 heteroatoms. The second-order valence-electron chi connectivity index (χ2n) is 3.64. The molecule has 0 radical (unpaired) electrons. The average Bonchev–Trinajstić information content (AvgIpc) is 2.61. The number of hydrogen-bond acceptors (Lipinski definition) is 3. The molecule has 0 fully saturated rings. The van der Waals surface area contributed by atoms with Gasteiger partial charge >= 0.3 is 0 Å². The molecule has 0 aromatic carbocycles. The molecular formula is C10H17BrN4OS. The van der Waals surface area contributed by atoms with Gasteiger partial charge in [-0.25, -0.2) is 0 Å². The normalized spacial score (nSPS) is 10.4. The summed E-state index contributed by atoms with van der Waals surface area (Å²) < 4.78 is 7.78. The highest BCUT2D eigenvalue weighted by Crippen LogP contribution is 2.16. The minimum absolute atomic E-state index is 0.642. The molecule has 0 saturated heterocycles. The summed E-state index contributed by atoms with van der Waals surface area (Å²) in [4.78, 5) is 1.97. The third-order valence-corrected chi connectivity index (χ3v) is 3.45. The molecule has 0 saturated carbocycles. The molecule has 1 heterocycles. The van der Waals surface area contributed by atoms with E-state index in [1.54, 1.807) is 13.3 Å². The SMILES string of the molecule is COCCNC(=S)N(C)Cc1c(Br)cnn1C. The number of ether oxygens (including phenoxy) is 1. The summed E-state index contributed by atoms with van der Waals surface area (Å²) in [7, 11) is 5.53. The lowest BCUT2D eigenvalue weighted by molar-refractivity contribution is 0.203. The van der Waals surface area contributed by atoms with Crippen LogP contribution in [0.4, 0.5) is 0 Å². The van der Waals surface area contributed by atoms with Gasteiger partial charge in [0.05, 0.1) is 29.5 Å². The Balaban J connectivity index is 2.48. The maximum Gasteiger partial charge on any atom is 0.169 e. The van der Waals surface area contributed by atoms with Crippen LogP contribution in [-0.2, 0) is 18.3 Å². The number of thiocarbonyl (C=S) groups is 1. The zero-order chi connectivity index (χ0) is 12.8. The van der Waals surface area contributed by atoms with Gasteiger partial charge in [0.15, 0.2) is 5.11 Å². The minimum Gasteiger partial charge on any atom is -0.383 e. The van der Waals surface area contributed by atoms with Crippen molar-refractivity contribution in [1.82, 2.24) is 20.0 Å². The monoisotopic (exact) mass is 320 g/mol. The summed E-state index contributed by atoms with van der Waals surface area (Å²) in [6.07, 6.45) is 1.78. The molecule has 0 aliphatic rings. The van der Waals surface area contributed by atoms with Crippen LogP contribution < -0.4 is 5.32 Å². The van der Waals surface area contributed by atoms with Crippen LogP contribution in [0.5, 0.6) is 0 Å². The van der Waals surface area contributed by atoms with Crippen LogP contribution in [0.25, 0.3) is 0 Å². The highest BCUT2D eigenvalue weighted by Gasteiger charge is 2.10. The molecule has 1 aromatic rings. The molecule has 0 bridgehead atoms. The summed E-state index contributed by atoms with van der Waals surface area (Å²) in [6, 6.07) is 0. The smallest absolute Gasteiger partial charge is 0.169 e. The topological polar surface area (TPSA) is 42.3 Å². The van der Waals surface area contributed by atoms with Gasteiger partial charge in [-0.1, -0.05) is 0 Å². The first-order chi connectivity index (χ1) is 8.06. The van der Waals surface area contributed by atoms with Gasteiger partial charge in [0.2, 0.25) is 0 Å². The van der Waals surface area contributed by atoms with E-state index in [9.17, 15) is 0 Å². The molecule has 0 atom stereocenters. The largest absolute Gasteiger partial charge is 0.383 e. The van der Waals surface area contributed by atoms with Crippen LogP contribution in [0.15, 0.2) is 10.7 Å². The number of aromatic nitrogens is 2. The molecule has 0 spiro atoms. The van der Waals surface area contributed by atoms with E-state index >= 15 is 0 Å². The van der Waals surface area contributed by atoms with Crippen LogP contribution in [0.3, 0.4) is 0 Å². The molecule has 0 unspecified atom stereocenters. The molecule has 0 aliphatic heterocycles. The van der Waals surface area contributed by atoms with E-state index in [2.05, 4.69) is 26.3 Å². The van der Waals surface area contributed by atoms with E-state index < -0.39 is 0 Å². The number of methoxy groups -OCH3 is 1. The Morgan fingerprint density at radius 3 is 2.94 bits per heavy atom. The van der Waals surface area contributed by atoms with Gasteiger partial charge < -0.3 is 15.0 Å². The average molecular weight is 321 g/mol. The summed E-state index contributed by atoms with van der Waals surface area (Å²) >= 11 is 8.73. The Morgan fingerprint density at radius 2 is 2.41 bits per heavy atom. The fourth-order valence-corrected chi connectivity index (χ4v) is 1.95. The number of hydrogen-bond donors (Lipinski definition) is 1. The van der Waals surface area contributed by atoms with Crippen molar-refractivity contribution in [3.8, 4) is 0 Å². The van der Waals surface area contributed by atoms with E-state index in [1.165, 1.54) is 0 Å². The fourth-order valence-electron chi connectivity index (χ4n) is 1.31. The lowest BCUT2D eigenvalue weighted by atomic mass is 10.4. The number of rotatable bonds is 5. The first-order valence-electron chi connectivity index (χ1n) is 5.20. The maximum absolute atomic E-state index is 5.26. The van der Waals surface area contributed by atoms with Crippen molar-refractivity contribution in [1.29, 1.82) is 0 Å². The second kappa shape index (κ2) is 6.93. The highest BCUT2D eigenvalue weighted by molar-refractivity contribution is 9.10. The minimum atomic E-state index is 0.642. The molecule has 1 N–H and O–H groups in total. The number of nitrogens with one attached hydrogen (secondary N) is 1. The van der Waals surface area contributed by atoms with Gasteiger partial charge in [-0.05, 0) is 28.1 Å². The van der Waals surface area contributed by atoms with E-state index in [0.29, 0.717) is 24.8 Å². The van der Waals surface area contributed by atoms with Crippen molar-refractivity contribution < 1.29 is 4.74 Å². The van der Waals surface area contributed by atoms with Crippen LogP contribution in [-0.4, -0.2) is 47.1 Å². The molecular weight excluding hydrogens is 304 g/mol. The van der Waals surface area contributed by atoms with Crippen molar-refractivity contribution in [3.05, 3.63) is 16.4 Å². The van der Waals surface area contributed by atoms with Crippen LogP contribution in [0.1, 0.15) is 5.69 Å². The van der Waals surface area contributed by atoms with Gasteiger partial charge in [0, 0.05) is 27.7 Å². The van der Waals surface area contributed by atoms with E-state index in [-0.39, 0.29) is 0 Å². The summed E-state index contributed by atoms with van der Waals surface area (Å²) in [5.74, 6) is 0. The maximum atomic E-state index is 5.26. The number of halogens is 1. The van der Waals surface area contributed by atoms with Crippen molar-refractivity contribution in [3.63, 3.8) is 0 Å². The number of aryl methyl sites for hydroxylation is 1. The van der Waals surface area contributed by atoms with E-state index in [1.807, 2.05) is 23.7 Å². The standard InChI is InChI=1S/C10H17BrN4OS/c1-14(10(17)12-4-5-16-3)7-9-8(11)6-13-15(9)2/h6H,4-5,7H2,1-3H3,(H,12,17). The molecule has 5 nitrogen and oxygen atoms in total. The lowest BCUT2D eigenvalue weighted by Crippen LogP contribution is -2.38. The third-order valence-electron chi connectivity index (χ3n) is 2.33. The Kier molecular flexibility index (Phi) is 5.87. The molecule has 1 aromatic heterocycles. The Hall–Kier alpha value is -0.660. The predicted octanol–water partition coefficient (Wildman–Crippen LogP) is 1.14. The fraction of sp³-hybridized carbons (Fsp3) is 0.600. The lowest BCUT2D eigenvalue weighted by Gasteiger charge is -2.21. The van der Waals surface area contributed by atoms with Crippen LogP contribution in [0, 0.1) is 0 Å². The third kappa shape index (κ3) is 4.25. The van der Waals surface area contributed by atoms with Gasteiger partial charge in [0.25, 0.3) is 0 Å². The van der Waals surface area contributed by atoms with Crippen molar-refractivity contribution >= 4 is 33.3 Å². The van der Waals surface area contributed by atoms with Crippen LogP contribution in [0.2, 0.25) is 0 Å². The molecule has 17 heavy (non-hydrogen) atoms. The van der Waals surface area contributed by atoms with Crippen molar-refractivity contribution in [2.75, 3.05) is 27.3 Å². The highest BCUT2D eigenvalue weighted by atomic mass is 79.9. The first-order valence-corrected chi connectivity index (χ1v) is 6.40. The quantitative estimate of drug-likeness (QED) is 0.651. The Bertz CT molecular complexity index is 363. The van der Waals surface area contributed by atoms with Crippen molar-refractivity contribution in [2.24, 2.45) is 7.05 Å². The summed E-state index contributed by atoms with van der Waals surface area (Å²) in [5.41, 5.74) is 1.09. The summed E-state index contributed by atoms with van der Waals surface area (Å²) in [5, 5.41) is 7.99. The van der Waals surface area contributed by atoms with Crippen LogP contribution >= 0.6 is 28.1 Å². The first kappa shape index (κ1) is 14.4. The summed E-state index contributed by atoms with van der Waals surface area (Å²) in [6.45, 7) is 2.06. The zero-order valence-electron chi connectivity index (χ0n) is 10.2. The molecule has 1 rings (SSSR count). The zero-order valence-corrected chi connectivity index (χ0v) is 12.6. The predicted molar refractivity (Wildman–Crippen MR) is 74.9 cm³/mol. The van der Waals surface area contributed by atoms with E-state index in [4.69, 9.17) is 17.0 Å². The van der Waals surface area contributed by atoms with E-state index in [0.717, 1.165) is 10.2 Å². The van der Waals surface area contributed by atoms with Gasteiger partial charge in [-0.3, -0.25) is 4.68 Å². The second-order valence-corrected chi connectivity index (χ2v) is 4.88. The molecule has 96 valence electrons.